The molecule has 0 N–H and O–H groups in total. The van der Waals surface area contributed by atoms with Crippen LogP contribution in [0.1, 0.15) is 54.4 Å². The Morgan fingerprint density at radius 1 is 0.486 bits per heavy atom. The second-order valence-electron chi connectivity index (χ2n) is 12.2. The van der Waals surface area contributed by atoms with Crippen molar-refractivity contribution in [3.8, 4) is 33.4 Å². The lowest BCUT2D eigenvalue weighted by Gasteiger charge is -2.61. The van der Waals surface area contributed by atoms with Gasteiger partial charge in [-0.1, -0.05) is 78.9 Å². The van der Waals surface area contributed by atoms with Gasteiger partial charge in [-0.05, 0) is 124 Å². The highest BCUT2D eigenvalue weighted by molar-refractivity contribution is 5.86. The summed E-state index contributed by atoms with van der Waals surface area (Å²) in [5.74, 6) is 3.62. The standard InChI is InChI=1S/C35H30/c1-2-6-29-25(5-1)19-26-18-23(9-11-30(26)29)24-10-12-32-31-7-3-4-8-33(31)35(34(32)20-24)27-14-21-13-22(16-27)17-28(35)15-21/h1-12,18,20-22,27-28H,13-17,19H2. The van der Waals surface area contributed by atoms with Crippen LogP contribution in [0, 0.1) is 23.7 Å². The highest BCUT2D eigenvalue weighted by atomic mass is 14.6. The second kappa shape index (κ2) is 6.55. The Hall–Kier alpha value is -3.12. The lowest BCUT2D eigenvalue weighted by molar-refractivity contribution is -0.0399. The molecule has 0 amide bonds. The SMILES string of the molecule is c1ccc2c(c1)Cc1cc(-c3ccc4c(c3)C3(c5ccccc5-4)C4CC5CC(C4)CC3C5)ccc1-2. The van der Waals surface area contributed by atoms with Gasteiger partial charge in [0.15, 0.2) is 0 Å². The molecule has 0 heterocycles. The van der Waals surface area contributed by atoms with Crippen molar-refractivity contribution in [3.63, 3.8) is 0 Å². The van der Waals surface area contributed by atoms with Gasteiger partial charge in [0, 0.05) is 5.41 Å². The quantitative estimate of drug-likeness (QED) is 0.240. The lowest BCUT2D eigenvalue weighted by Crippen LogP contribution is -2.55. The van der Waals surface area contributed by atoms with Gasteiger partial charge in [0.05, 0.1) is 0 Å². The molecule has 170 valence electrons. The third-order valence-corrected chi connectivity index (χ3v) is 10.7. The van der Waals surface area contributed by atoms with Crippen LogP contribution in [0.5, 0.6) is 0 Å². The van der Waals surface area contributed by atoms with Gasteiger partial charge in [-0.3, -0.25) is 0 Å². The van der Waals surface area contributed by atoms with Gasteiger partial charge < -0.3 is 0 Å². The van der Waals surface area contributed by atoms with Crippen LogP contribution in [-0.4, -0.2) is 0 Å². The molecule has 4 bridgehead atoms. The Morgan fingerprint density at radius 3 is 1.89 bits per heavy atom. The van der Waals surface area contributed by atoms with Crippen molar-refractivity contribution in [2.75, 3.05) is 0 Å². The van der Waals surface area contributed by atoms with Gasteiger partial charge >= 0.3 is 0 Å². The zero-order valence-electron chi connectivity index (χ0n) is 20.1. The molecule has 0 heteroatoms. The van der Waals surface area contributed by atoms with Crippen molar-refractivity contribution in [3.05, 3.63) is 107 Å². The summed E-state index contributed by atoms with van der Waals surface area (Å²) in [6.45, 7) is 0. The van der Waals surface area contributed by atoms with E-state index < -0.39 is 0 Å². The van der Waals surface area contributed by atoms with E-state index in [9.17, 15) is 0 Å². The van der Waals surface area contributed by atoms with E-state index in [0.29, 0.717) is 0 Å². The highest BCUT2D eigenvalue weighted by Gasteiger charge is 2.61. The number of hydrogen-bond acceptors (Lipinski definition) is 0. The normalized spacial score (nSPS) is 30.3. The summed E-state index contributed by atoms with van der Waals surface area (Å²) in [6.07, 6.45) is 8.36. The maximum atomic E-state index is 2.63. The molecule has 4 aromatic rings. The molecule has 1 spiro atoms. The number of fused-ring (bicyclic) bond motifs is 6. The molecular formula is C35H30. The molecule has 0 saturated heterocycles. The van der Waals surface area contributed by atoms with Crippen molar-refractivity contribution >= 4 is 0 Å². The minimum absolute atomic E-state index is 0.252. The average Bonchev–Trinajstić information content (AvgIpc) is 3.40. The maximum Gasteiger partial charge on any atom is 0.0272 e. The smallest absolute Gasteiger partial charge is 0.0272 e. The van der Waals surface area contributed by atoms with Crippen molar-refractivity contribution in [1.29, 1.82) is 0 Å². The van der Waals surface area contributed by atoms with Crippen LogP contribution in [0.4, 0.5) is 0 Å². The molecule has 0 aliphatic heterocycles. The topological polar surface area (TPSA) is 0 Å². The fraction of sp³-hybridized carbons (Fsp3) is 0.314. The molecule has 0 nitrogen and oxygen atoms in total. The van der Waals surface area contributed by atoms with Crippen LogP contribution in [0.25, 0.3) is 33.4 Å². The third-order valence-electron chi connectivity index (χ3n) is 10.7. The Bertz CT molecular complexity index is 1510. The minimum atomic E-state index is 0.252. The number of benzene rings is 4. The van der Waals surface area contributed by atoms with Gasteiger partial charge in [0.1, 0.15) is 0 Å². The summed E-state index contributed by atoms with van der Waals surface area (Å²) >= 11 is 0. The van der Waals surface area contributed by atoms with Gasteiger partial charge in [-0.15, -0.1) is 0 Å². The maximum absolute atomic E-state index is 2.63. The molecule has 0 radical (unpaired) electrons. The van der Waals surface area contributed by atoms with Crippen molar-refractivity contribution in [2.45, 2.75) is 43.9 Å². The van der Waals surface area contributed by atoms with Crippen molar-refractivity contribution < 1.29 is 0 Å². The average molecular weight is 451 g/mol. The Morgan fingerprint density at radius 2 is 1.09 bits per heavy atom. The van der Waals surface area contributed by atoms with Crippen molar-refractivity contribution in [1.82, 2.24) is 0 Å². The Labute approximate surface area is 208 Å². The zero-order valence-corrected chi connectivity index (χ0v) is 20.1. The molecule has 0 aromatic heterocycles. The summed E-state index contributed by atoms with van der Waals surface area (Å²) in [7, 11) is 0. The first kappa shape index (κ1) is 19.1. The van der Waals surface area contributed by atoms with E-state index in [0.717, 1.165) is 30.1 Å². The summed E-state index contributed by atoms with van der Waals surface area (Å²) in [4.78, 5) is 0. The Kier molecular flexibility index (Phi) is 3.58. The molecule has 4 saturated carbocycles. The van der Waals surface area contributed by atoms with E-state index in [1.165, 1.54) is 76.6 Å². The van der Waals surface area contributed by atoms with E-state index in [4.69, 9.17) is 0 Å². The summed E-state index contributed by atoms with van der Waals surface area (Å²) in [5.41, 5.74) is 15.2. The fourth-order valence-electron chi connectivity index (χ4n) is 9.66. The molecule has 0 atom stereocenters. The predicted molar refractivity (Wildman–Crippen MR) is 143 cm³/mol. The molecular weight excluding hydrogens is 420 g/mol. The van der Waals surface area contributed by atoms with E-state index in [-0.39, 0.29) is 5.41 Å². The first-order chi connectivity index (χ1) is 17.3. The highest BCUT2D eigenvalue weighted by Crippen LogP contribution is 2.69. The molecule has 4 aromatic carbocycles. The van der Waals surface area contributed by atoms with Crippen LogP contribution in [0.3, 0.4) is 0 Å². The van der Waals surface area contributed by atoms with Crippen molar-refractivity contribution in [2.24, 2.45) is 23.7 Å². The van der Waals surface area contributed by atoms with E-state index in [1.54, 1.807) is 11.1 Å². The number of hydrogen-bond donors (Lipinski definition) is 0. The molecule has 0 unspecified atom stereocenters. The minimum Gasteiger partial charge on any atom is -0.0619 e. The molecule has 4 fully saturated rings. The van der Waals surface area contributed by atoms with Crippen LogP contribution in [0.2, 0.25) is 0 Å². The van der Waals surface area contributed by atoms with Gasteiger partial charge in [0.25, 0.3) is 0 Å². The Balaban J connectivity index is 1.22. The molecule has 35 heavy (non-hydrogen) atoms. The second-order valence-corrected chi connectivity index (χ2v) is 12.2. The monoisotopic (exact) mass is 450 g/mol. The molecule has 10 rings (SSSR count). The first-order valence-electron chi connectivity index (χ1n) is 13.7. The zero-order chi connectivity index (χ0) is 22.7. The van der Waals surface area contributed by atoms with Crippen LogP contribution in [-0.2, 0) is 11.8 Å². The van der Waals surface area contributed by atoms with Crippen LogP contribution < -0.4 is 0 Å². The van der Waals surface area contributed by atoms with Crippen LogP contribution >= 0.6 is 0 Å². The lowest BCUT2D eigenvalue weighted by atomic mass is 9.43. The van der Waals surface area contributed by atoms with Gasteiger partial charge in [-0.25, -0.2) is 0 Å². The van der Waals surface area contributed by atoms with Gasteiger partial charge in [0.2, 0.25) is 0 Å². The molecule has 6 aliphatic rings. The summed E-state index contributed by atoms with van der Waals surface area (Å²) in [5, 5.41) is 0. The van der Waals surface area contributed by atoms with Gasteiger partial charge in [-0.2, -0.15) is 0 Å². The van der Waals surface area contributed by atoms with Crippen LogP contribution in [0.15, 0.2) is 84.9 Å². The van der Waals surface area contributed by atoms with E-state index >= 15 is 0 Å². The molecule has 6 aliphatic carbocycles. The fourth-order valence-corrected chi connectivity index (χ4v) is 9.66. The summed E-state index contributed by atoms with van der Waals surface area (Å²) in [6, 6.07) is 33.1. The number of rotatable bonds is 1. The van der Waals surface area contributed by atoms with E-state index in [2.05, 4.69) is 84.9 Å². The first-order valence-corrected chi connectivity index (χ1v) is 13.7. The largest absolute Gasteiger partial charge is 0.0619 e. The summed E-state index contributed by atoms with van der Waals surface area (Å²) < 4.78 is 0. The van der Waals surface area contributed by atoms with E-state index in [1.807, 2.05) is 0 Å². The third kappa shape index (κ3) is 2.34. The predicted octanol–water partition coefficient (Wildman–Crippen LogP) is 8.65.